The summed E-state index contributed by atoms with van der Waals surface area (Å²) in [4.78, 5) is 12.7. The number of nitrogens with zero attached hydrogens (tertiary/aromatic N) is 1. The fraction of sp³-hybridized carbons (Fsp3) is 0.409. The quantitative estimate of drug-likeness (QED) is 0.634. The van der Waals surface area contributed by atoms with Gasteiger partial charge in [0.15, 0.2) is 0 Å². The molecule has 0 aliphatic carbocycles. The minimum absolute atomic E-state index is 0.176. The molecule has 10 heteroatoms. The highest BCUT2D eigenvalue weighted by Gasteiger charge is 2.31. The van der Waals surface area contributed by atoms with E-state index in [4.69, 9.17) is 0 Å². The third-order valence-corrected chi connectivity index (χ3v) is 7.73. The average molecular weight is 480 g/mol. The lowest BCUT2D eigenvalue weighted by Crippen LogP contribution is -2.42. The number of piperidine rings is 1. The Hall–Kier alpha value is -2.43. The van der Waals surface area contributed by atoms with E-state index in [1.807, 2.05) is 0 Å². The van der Waals surface area contributed by atoms with Gasteiger partial charge in [0.1, 0.15) is 0 Å². The van der Waals surface area contributed by atoms with Crippen LogP contribution in [0.1, 0.15) is 36.2 Å². The lowest BCUT2D eigenvalue weighted by Gasteiger charge is -2.34. The van der Waals surface area contributed by atoms with Crippen molar-refractivity contribution in [2.24, 2.45) is 11.8 Å². The first-order valence-corrected chi connectivity index (χ1v) is 13.7. The first-order chi connectivity index (χ1) is 14.9. The van der Waals surface area contributed by atoms with Crippen LogP contribution in [0.15, 0.2) is 53.4 Å². The van der Waals surface area contributed by atoms with E-state index >= 15 is 0 Å². The number of anilines is 1. The van der Waals surface area contributed by atoms with Gasteiger partial charge in [-0.25, -0.2) is 16.8 Å². The second-order valence-corrected chi connectivity index (χ2v) is 12.2. The van der Waals surface area contributed by atoms with E-state index in [1.54, 1.807) is 24.3 Å². The first-order valence-electron chi connectivity index (χ1n) is 10.4. The molecule has 0 bridgehead atoms. The van der Waals surface area contributed by atoms with Crippen molar-refractivity contribution in [3.05, 3.63) is 59.7 Å². The number of hydrogen-bond acceptors (Lipinski definition) is 5. The second kappa shape index (κ2) is 9.60. The molecule has 3 rings (SSSR count). The molecule has 1 aliphatic heterocycles. The number of carbonyl (C=O) groups excluding carboxylic acids is 1. The van der Waals surface area contributed by atoms with E-state index in [-0.39, 0.29) is 17.3 Å². The van der Waals surface area contributed by atoms with E-state index < -0.39 is 20.0 Å². The third kappa shape index (κ3) is 6.30. The summed E-state index contributed by atoms with van der Waals surface area (Å²) in [5.41, 5.74) is 1.48. The number of sulfonamides is 2. The van der Waals surface area contributed by atoms with Gasteiger partial charge in [-0.15, -0.1) is 0 Å². The van der Waals surface area contributed by atoms with Crippen LogP contribution in [-0.2, 0) is 26.6 Å². The number of rotatable bonds is 7. The molecule has 1 saturated heterocycles. The highest BCUT2D eigenvalue weighted by atomic mass is 32.2. The van der Waals surface area contributed by atoms with Gasteiger partial charge >= 0.3 is 0 Å². The van der Waals surface area contributed by atoms with E-state index in [1.165, 1.54) is 28.6 Å². The van der Waals surface area contributed by atoms with Crippen LogP contribution in [0.2, 0.25) is 0 Å². The molecule has 8 nitrogen and oxygen atoms in total. The Morgan fingerprint density at radius 3 is 2.22 bits per heavy atom. The van der Waals surface area contributed by atoms with Crippen molar-refractivity contribution in [3.63, 3.8) is 0 Å². The minimum Gasteiger partial charge on any atom is -0.348 e. The summed E-state index contributed by atoms with van der Waals surface area (Å²) in [5, 5.41) is 2.76. The second-order valence-electron chi connectivity index (χ2n) is 8.55. The van der Waals surface area contributed by atoms with Gasteiger partial charge in [-0.05, 0) is 60.2 Å². The van der Waals surface area contributed by atoms with Crippen LogP contribution in [0, 0.1) is 11.8 Å². The molecular formula is C22H29N3O5S2. The van der Waals surface area contributed by atoms with Crippen molar-refractivity contribution >= 4 is 31.6 Å². The molecule has 2 N–H and O–H groups in total. The largest absolute Gasteiger partial charge is 0.348 e. The first kappa shape index (κ1) is 24.2. The van der Waals surface area contributed by atoms with E-state index in [0.29, 0.717) is 36.2 Å². The summed E-state index contributed by atoms with van der Waals surface area (Å²) in [7, 11) is -6.99. The lowest BCUT2D eigenvalue weighted by molar-refractivity contribution is 0.0950. The van der Waals surface area contributed by atoms with Crippen molar-refractivity contribution < 1.29 is 21.6 Å². The van der Waals surface area contributed by atoms with Gasteiger partial charge in [-0.2, -0.15) is 4.31 Å². The number of amides is 1. The standard InChI is InChI=1S/C22H29N3O5S2/c1-16-11-17(2)15-25(14-16)32(29,30)21-9-7-19(8-10-21)22(26)23-13-18-5-4-6-20(12-18)24-31(3,27)28/h4-10,12,16-17,24H,11,13-15H2,1-3H3,(H,23,26). The summed E-state index contributed by atoms with van der Waals surface area (Å²) in [6.45, 7) is 5.31. The molecule has 0 saturated carbocycles. The van der Waals surface area contributed by atoms with Crippen LogP contribution >= 0.6 is 0 Å². The van der Waals surface area contributed by atoms with Gasteiger partial charge in [0, 0.05) is 30.9 Å². The fourth-order valence-electron chi connectivity index (χ4n) is 3.97. The maximum Gasteiger partial charge on any atom is 0.251 e. The molecule has 0 aromatic heterocycles. The molecule has 2 unspecified atom stereocenters. The Morgan fingerprint density at radius 1 is 1.00 bits per heavy atom. The molecule has 1 fully saturated rings. The average Bonchev–Trinajstić information content (AvgIpc) is 2.70. The van der Waals surface area contributed by atoms with Crippen LogP contribution in [0.4, 0.5) is 5.69 Å². The highest BCUT2D eigenvalue weighted by Crippen LogP contribution is 2.26. The number of hydrogen-bond donors (Lipinski definition) is 2. The Labute approximate surface area is 190 Å². The number of nitrogens with one attached hydrogen (secondary N) is 2. The summed E-state index contributed by atoms with van der Waals surface area (Å²) >= 11 is 0. The van der Waals surface area contributed by atoms with Crippen molar-refractivity contribution in [1.82, 2.24) is 9.62 Å². The molecule has 1 aliphatic rings. The van der Waals surface area contributed by atoms with Gasteiger partial charge in [0.2, 0.25) is 20.0 Å². The van der Waals surface area contributed by atoms with Gasteiger partial charge in [-0.1, -0.05) is 26.0 Å². The van der Waals surface area contributed by atoms with Crippen LogP contribution in [0.25, 0.3) is 0 Å². The zero-order valence-corrected chi connectivity index (χ0v) is 20.0. The van der Waals surface area contributed by atoms with Crippen LogP contribution < -0.4 is 10.0 Å². The number of carbonyl (C=O) groups is 1. The SMILES string of the molecule is CC1CC(C)CN(S(=O)(=O)c2ccc(C(=O)NCc3cccc(NS(C)(=O)=O)c3)cc2)C1. The molecule has 2 atom stereocenters. The summed E-state index contributed by atoms with van der Waals surface area (Å²) in [6.07, 6.45) is 2.08. The van der Waals surface area contributed by atoms with Crippen molar-refractivity contribution in [2.45, 2.75) is 31.7 Å². The Balaban J connectivity index is 1.65. The Morgan fingerprint density at radius 2 is 1.62 bits per heavy atom. The van der Waals surface area contributed by atoms with Crippen LogP contribution in [0.3, 0.4) is 0 Å². The molecule has 2 aromatic carbocycles. The van der Waals surface area contributed by atoms with Crippen molar-refractivity contribution in [2.75, 3.05) is 24.1 Å². The molecular weight excluding hydrogens is 450 g/mol. The molecule has 0 radical (unpaired) electrons. The third-order valence-electron chi connectivity index (χ3n) is 5.27. The smallest absolute Gasteiger partial charge is 0.251 e. The fourth-order valence-corrected chi connectivity index (χ4v) is 6.21. The minimum atomic E-state index is -3.60. The zero-order chi connectivity index (χ0) is 23.5. The predicted molar refractivity (Wildman–Crippen MR) is 124 cm³/mol. The van der Waals surface area contributed by atoms with Gasteiger partial charge < -0.3 is 5.32 Å². The number of benzene rings is 2. The summed E-state index contributed by atoms with van der Waals surface area (Å²) < 4.78 is 52.6. The van der Waals surface area contributed by atoms with Crippen LogP contribution in [-0.4, -0.2) is 46.4 Å². The van der Waals surface area contributed by atoms with Gasteiger partial charge in [0.25, 0.3) is 5.91 Å². The summed E-state index contributed by atoms with van der Waals surface area (Å²) in [5.74, 6) is 0.269. The molecule has 32 heavy (non-hydrogen) atoms. The van der Waals surface area contributed by atoms with E-state index in [2.05, 4.69) is 23.9 Å². The lowest BCUT2D eigenvalue weighted by atomic mass is 9.94. The summed E-state index contributed by atoms with van der Waals surface area (Å²) in [6, 6.07) is 12.6. The zero-order valence-electron chi connectivity index (χ0n) is 18.4. The molecule has 1 amide bonds. The van der Waals surface area contributed by atoms with Crippen molar-refractivity contribution in [1.29, 1.82) is 0 Å². The van der Waals surface area contributed by atoms with Gasteiger partial charge in [-0.3, -0.25) is 9.52 Å². The topological polar surface area (TPSA) is 113 Å². The van der Waals surface area contributed by atoms with Gasteiger partial charge in [0.05, 0.1) is 11.2 Å². The van der Waals surface area contributed by atoms with Crippen LogP contribution in [0.5, 0.6) is 0 Å². The van der Waals surface area contributed by atoms with E-state index in [9.17, 15) is 21.6 Å². The normalized spacial score (nSPS) is 20.0. The molecule has 2 aromatic rings. The maximum atomic E-state index is 13.0. The van der Waals surface area contributed by atoms with E-state index in [0.717, 1.165) is 18.2 Å². The molecule has 1 heterocycles. The monoisotopic (exact) mass is 479 g/mol. The highest BCUT2D eigenvalue weighted by molar-refractivity contribution is 7.92. The maximum absolute atomic E-state index is 13.0. The molecule has 174 valence electrons. The predicted octanol–water partition coefficient (Wildman–Crippen LogP) is 2.65. The molecule has 0 spiro atoms. The Kier molecular flexibility index (Phi) is 7.26. The van der Waals surface area contributed by atoms with Crippen molar-refractivity contribution in [3.8, 4) is 0 Å². The Bertz CT molecular complexity index is 1170.